The van der Waals surface area contributed by atoms with Gasteiger partial charge in [-0.1, -0.05) is 48.5 Å². The fourth-order valence-corrected chi connectivity index (χ4v) is 2.84. The molecule has 0 bridgehead atoms. The lowest BCUT2D eigenvalue weighted by Crippen LogP contribution is -2.44. The van der Waals surface area contributed by atoms with Gasteiger partial charge in [-0.15, -0.1) is 0 Å². The number of hydrogen-bond donors (Lipinski definition) is 0. The SMILES string of the molecule is O=C([C@H]1COc2ccccc2O1)N(c1ccccc1)c1ccccc1. The van der Waals surface area contributed by atoms with Gasteiger partial charge in [0.1, 0.15) is 6.61 Å². The zero-order valence-corrected chi connectivity index (χ0v) is 13.5. The summed E-state index contributed by atoms with van der Waals surface area (Å²) < 4.78 is 11.6. The Balaban J connectivity index is 1.67. The minimum atomic E-state index is -0.699. The molecule has 0 saturated carbocycles. The van der Waals surface area contributed by atoms with Crippen molar-refractivity contribution in [2.24, 2.45) is 0 Å². The highest BCUT2D eigenvalue weighted by Crippen LogP contribution is 2.33. The van der Waals surface area contributed by atoms with Gasteiger partial charge in [-0.05, 0) is 36.4 Å². The molecule has 4 rings (SSSR count). The number of fused-ring (bicyclic) bond motifs is 1. The molecular formula is C21H17NO3. The van der Waals surface area contributed by atoms with Crippen LogP contribution in [0.25, 0.3) is 0 Å². The van der Waals surface area contributed by atoms with Crippen LogP contribution in [-0.2, 0) is 4.79 Å². The van der Waals surface area contributed by atoms with Crippen LogP contribution in [0.15, 0.2) is 84.9 Å². The third-order valence-corrected chi connectivity index (χ3v) is 4.03. The Bertz CT molecular complexity index is 825. The first kappa shape index (κ1) is 15.3. The van der Waals surface area contributed by atoms with Crippen LogP contribution >= 0.6 is 0 Å². The normalized spacial score (nSPS) is 15.4. The van der Waals surface area contributed by atoms with E-state index in [1.54, 1.807) is 4.90 Å². The van der Waals surface area contributed by atoms with E-state index in [4.69, 9.17) is 9.47 Å². The van der Waals surface area contributed by atoms with Crippen molar-refractivity contribution in [2.75, 3.05) is 11.5 Å². The molecule has 4 heteroatoms. The Labute approximate surface area is 146 Å². The molecule has 0 unspecified atom stereocenters. The molecule has 0 spiro atoms. The van der Waals surface area contributed by atoms with E-state index in [0.29, 0.717) is 11.5 Å². The number of benzene rings is 3. The van der Waals surface area contributed by atoms with Gasteiger partial charge in [-0.3, -0.25) is 9.69 Å². The first-order valence-corrected chi connectivity index (χ1v) is 8.15. The van der Waals surface area contributed by atoms with E-state index in [1.165, 1.54) is 0 Å². The van der Waals surface area contributed by atoms with Gasteiger partial charge in [-0.2, -0.15) is 0 Å². The summed E-state index contributed by atoms with van der Waals surface area (Å²) in [4.78, 5) is 14.9. The molecule has 25 heavy (non-hydrogen) atoms. The standard InChI is InChI=1S/C21H17NO3/c23-21(20-15-24-18-13-7-8-14-19(18)25-20)22(16-9-3-1-4-10-16)17-11-5-2-6-12-17/h1-14,20H,15H2/t20-/m1/s1. The van der Waals surface area contributed by atoms with E-state index in [2.05, 4.69) is 0 Å². The van der Waals surface area contributed by atoms with Gasteiger partial charge in [0.05, 0.1) is 0 Å². The molecule has 1 aliphatic heterocycles. The van der Waals surface area contributed by atoms with Crippen LogP contribution in [0.2, 0.25) is 0 Å². The number of anilines is 2. The summed E-state index contributed by atoms with van der Waals surface area (Å²) in [5.74, 6) is 1.09. The zero-order chi connectivity index (χ0) is 17.1. The van der Waals surface area contributed by atoms with E-state index in [1.807, 2.05) is 84.9 Å². The highest BCUT2D eigenvalue weighted by Gasteiger charge is 2.32. The highest BCUT2D eigenvalue weighted by atomic mass is 16.6. The third-order valence-electron chi connectivity index (χ3n) is 4.03. The number of nitrogens with zero attached hydrogens (tertiary/aromatic N) is 1. The number of amides is 1. The van der Waals surface area contributed by atoms with Crippen LogP contribution in [-0.4, -0.2) is 18.6 Å². The fourth-order valence-electron chi connectivity index (χ4n) is 2.84. The average molecular weight is 331 g/mol. The highest BCUT2D eigenvalue weighted by molar-refractivity contribution is 6.03. The maximum Gasteiger partial charge on any atom is 0.276 e. The lowest BCUT2D eigenvalue weighted by molar-refractivity contribution is -0.126. The quantitative estimate of drug-likeness (QED) is 0.722. The molecule has 0 saturated heterocycles. The minimum Gasteiger partial charge on any atom is -0.485 e. The number of ether oxygens (including phenoxy) is 2. The van der Waals surface area contributed by atoms with E-state index in [-0.39, 0.29) is 12.5 Å². The largest absolute Gasteiger partial charge is 0.485 e. The van der Waals surface area contributed by atoms with Gasteiger partial charge in [-0.25, -0.2) is 0 Å². The van der Waals surface area contributed by atoms with Gasteiger partial charge < -0.3 is 9.47 Å². The number of rotatable bonds is 3. The Kier molecular flexibility index (Phi) is 4.09. The predicted molar refractivity (Wildman–Crippen MR) is 96.4 cm³/mol. The Hall–Kier alpha value is -3.27. The Morgan fingerprint density at radius 1 is 0.760 bits per heavy atom. The van der Waals surface area contributed by atoms with Gasteiger partial charge >= 0.3 is 0 Å². The molecule has 0 fully saturated rings. The number of carbonyl (C=O) groups is 1. The summed E-state index contributed by atoms with van der Waals surface area (Å²) in [5, 5.41) is 0. The van der Waals surface area contributed by atoms with E-state index in [0.717, 1.165) is 11.4 Å². The van der Waals surface area contributed by atoms with Gasteiger partial charge in [0, 0.05) is 11.4 Å². The monoisotopic (exact) mass is 331 g/mol. The van der Waals surface area contributed by atoms with Crippen molar-refractivity contribution in [3.63, 3.8) is 0 Å². The maximum absolute atomic E-state index is 13.2. The summed E-state index contributed by atoms with van der Waals surface area (Å²) in [7, 11) is 0. The second kappa shape index (κ2) is 6.69. The average Bonchev–Trinajstić information content (AvgIpc) is 2.69. The van der Waals surface area contributed by atoms with E-state index >= 15 is 0 Å². The number of hydrogen-bond acceptors (Lipinski definition) is 3. The summed E-state index contributed by atoms with van der Waals surface area (Å²) in [6.45, 7) is 0.187. The lowest BCUT2D eigenvalue weighted by atomic mass is 10.2. The van der Waals surface area contributed by atoms with Crippen molar-refractivity contribution < 1.29 is 14.3 Å². The van der Waals surface area contributed by atoms with Gasteiger partial charge in [0.15, 0.2) is 11.5 Å². The van der Waals surface area contributed by atoms with Crippen LogP contribution in [0.3, 0.4) is 0 Å². The van der Waals surface area contributed by atoms with Crippen LogP contribution in [0.1, 0.15) is 0 Å². The van der Waals surface area contributed by atoms with Crippen molar-refractivity contribution >= 4 is 17.3 Å². The number of para-hydroxylation sites is 4. The summed E-state index contributed by atoms with van der Waals surface area (Å²) in [6, 6.07) is 26.5. The molecule has 1 atom stereocenters. The van der Waals surface area contributed by atoms with Crippen molar-refractivity contribution in [2.45, 2.75) is 6.10 Å². The molecule has 0 radical (unpaired) electrons. The summed E-state index contributed by atoms with van der Waals surface area (Å²) >= 11 is 0. The van der Waals surface area contributed by atoms with E-state index < -0.39 is 6.10 Å². The molecule has 3 aromatic carbocycles. The van der Waals surface area contributed by atoms with Crippen molar-refractivity contribution in [3.8, 4) is 11.5 Å². The van der Waals surface area contributed by atoms with Crippen LogP contribution in [0.4, 0.5) is 11.4 Å². The second-order valence-corrected chi connectivity index (χ2v) is 5.71. The summed E-state index contributed by atoms with van der Waals surface area (Å²) in [5.41, 5.74) is 1.59. The first-order chi connectivity index (χ1) is 12.3. The topological polar surface area (TPSA) is 38.8 Å². The number of carbonyl (C=O) groups excluding carboxylic acids is 1. The summed E-state index contributed by atoms with van der Waals surface area (Å²) in [6.07, 6.45) is -0.699. The van der Waals surface area contributed by atoms with E-state index in [9.17, 15) is 4.79 Å². The van der Waals surface area contributed by atoms with Gasteiger partial charge in [0.25, 0.3) is 5.91 Å². The zero-order valence-electron chi connectivity index (χ0n) is 13.5. The Morgan fingerprint density at radius 2 is 1.28 bits per heavy atom. The molecule has 1 amide bonds. The van der Waals surface area contributed by atoms with Crippen LogP contribution in [0.5, 0.6) is 11.5 Å². The molecule has 124 valence electrons. The van der Waals surface area contributed by atoms with Gasteiger partial charge in [0.2, 0.25) is 6.10 Å². The molecule has 1 heterocycles. The van der Waals surface area contributed by atoms with Crippen LogP contribution < -0.4 is 14.4 Å². The molecule has 0 N–H and O–H groups in total. The Morgan fingerprint density at radius 3 is 1.88 bits per heavy atom. The minimum absolute atomic E-state index is 0.160. The first-order valence-electron chi connectivity index (χ1n) is 8.15. The molecular weight excluding hydrogens is 314 g/mol. The smallest absolute Gasteiger partial charge is 0.276 e. The maximum atomic E-state index is 13.2. The second-order valence-electron chi connectivity index (χ2n) is 5.71. The lowest BCUT2D eigenvalue weighted by Gasteiger charge is -2.30. The molecule has 0 aliphatic carbocycles. The molecule has 3 aromatic rings. The van der Waals surface area contributed by atoms with Crippen molar-refractivity contribution in [1.82, 2.24) is 0 Å². The molecule has 0 aromatic heterocycles. The van der Waals surface area contributed by atoms with Crippen LogP contribution in [0, 0.1) is 0 Å². The fraction of sp³-hybridized carbons (Fsp3) is 0.0952. The van der Waals surface area contributed by atoms with Crippen molar-refractivity contribution in [1.29, 1.82) is 0 Å². The molecule has 1 aliphatic rings. The predicted octanol–water partition coefficient (Wildman–Crippen LogP) is 4.19. The third kappa shape index (κ3) is 3.06. The molecule has 4 nitrogen and oxygen atoms in total. The van der Waals surface area contributed by atoms with Crippen molar-refractivity contribution in [3.05, 3.63) is 84.9 Å².